The van der Waals surface area contributed by atoms with Gasteiger partial charge in [-0.05, 0) is 11.3 Å². The summed E-state index contributed by atoms with van der Waals surface area (Å²) >= 11 is 0. The minimum absolute atomic E-state index is 0.0139. The first kappa shape index (κ1) is 10.4. The van der Waals surface area contributed by atoms with Crippen molar-refractivity contribution in [2.24, 2.45) is 17.1 Å². The fraction of sp³-hybridized carbons (Fsp3) is 0.875. The van der Waals surface area contributed by atoms with Gasteiger partial charge in [-0.1, -0.05) is 27.7 Å². The molecule has 0 aromatic heterocycles. The zero-order valence-electron chi connectivity index (χ0n) is 7.59. The van der Waals surface area contributed by atoms with Crippen molar-refractivity contribution in [3.63, 3.8) is 0 Å². The van der Waals surface area contributed by atoms with Crippen LogP contribution in [0.2, 0.25) is 0 Å². The SMILES string of the molecule is C[C@H]([C@@H](N)C(=O)O)C(C)(C)C. The summed E-state index contributed by atoms with van der Waals surface area (Å²) in [5.74, 6) is -0.938. The second-order valence-corrected chi connectivity index (χ2v) is 4.02. The lowest BCUT2D eigenvalue weighted by molar-refractivity contribution is -0.140. The summed E-state index contributed by atoms with van der Waals surface area (Å²) < 4.78 is 0. The average Bonchev–Trinajstić information content (AvgIpc) is 1.82. The predicted molar refractivity (Wildman–Crippen MR) is 44.2 cm³/mol. The van der Waals surface area contributed by atoms with Crippen molar-refractivity contribution in [3.8, 4) is 0 Å². The average molecular weight is 159 g/mol. The summed E-state index contributed by atoms with van der Waals surface area (Å²) in [4.78, 5) is 10.5. The van der Waals surface area contributed by atoms with E-state index in [1.807, 2.05) is 27.7 Å². The van der Waals surface area contributed by atoms with E-state index in [4.69, 9.17) is 10.8 Å². The zero-order valence-corrected chi connectivity index (χ0v) is 7.59. The van der Waals surface area contributed by atoms with Gasteiger partial charge in [-0.25, -0.2) is 0 Å². The van der Waals surface area contributed by atoms with Gasteiger partial charge >= 0.3 is 5.97 Å². The van der Waals surface area contributed by atoms with Gasteiger partial charge in [0.1, 0.15) is 6.04 Å². The molecule has 0 aliphatic heterocycles. The minimum Gasteiger partial charge on any atom is -0.480 e. The third-order valence-corrected chi connectivity index (χ3v) is 2.19. The predicted octanol–water partition coefficient (Wildman–Crippen LogP) is 1.08. The Morgan fingerprint density at radius 3 is 1.91 bits per heavy atom. The number of carbonyl (C=O) groups is 1. The maximum atomic E-state index is 10.5. The van der Waals surface area contributed by atoms with Gasteiger partial charge in [-0.15, -0.1) is 0 Å². The molecule has 0 saturated heterocycles. The summed E-state index contributed by atoms with van der Waals surface area (Å²) in [6.07, 6.45) is 0. The maximum absolute atomic E-state index is 10.5. The van der Waals surface area contributed by atoms with Crippen LogP contribution in [0.5, 0.6) is 0 Å². The molecule has 0 aromatic rings. The van der Waals surface area contributed by atoms with Crippen LogP contribution in [0.1, 0.15) is 27.7 Å². The molecule has 0 saturated carbocycles. The molecule has 3 N–H and O–H groups in total. The Bertz CT molecular complexity index is 149. The van der Waals surface area contributed by atoms with E-state index >= 15 is 0 Å². The molecule has 0 radical (unpaired) electrons. The molecule has 66 valence electrons. The van der Waals surface area contributed by atoms with Crippen LogP contribution >= 0.6 is 0 Å². The van der Waals surface area contributed by atoms with Gasteiger partial charge in [0.15, 0.2) is 0 Å². The summed E-state index contributed by atoms with van der Waals surface area (Å²) in [5.41, 5.74) is 5.40. The molecule has 0 unspecified atom stereocenters. The Labute approximate surface area is 67.6 Å². The molecule has 0 aliphatic carbocycles. The molecular weight excluding hydrogens is 142 g/mol. The van der Waals surface area contributed by atoms with Crippen LogP contribution in [0, 0.1) is 11.3 Å². The fourth-order valence-corrected chi connectivity index (χ4v) is 0.753. The van der Waals surface area contributed by atoms with E-state index in [-0.39, 0.29) is 11.3 Å². The molecule has 0 bridgehead atoms. The minimum atomic E-state index is -0.924. The first-order chi connectivity index (χ1) is 4.76. The summed E-state index contributed by atoms with van der Waals surface area (Å²) in [6, 6.07) is -0.755. The quantitative estimate of drug-likeness (QED) is 0.633. The first-order valence-electron chi connectivity index (χ1n) is 3.75. The lowest BCUT2D eigenvalue weighted by atomic mass is 9.78. The van der Waals surface area contributed by atoms with E-state index in [1.54, 1.807) is 0 Å². The molecule has 2 atom stereocenters. The Kier molecular flexibility index (Phi) is 3.05. The van der Waals surface area contributed by atoms with Crippen LogP contribution in [0.15, 0.2) is 0 Å². The topological polar surface area (TPSA) is 63.3 Å². The fourth-order valence-electron chi connectivity index (χ4n) is 0.753. The lowest BCUT2D eigenvalue weighted by Crippen LogP contribution is -2.42. The second-order valence-electron chi connectivity index (χ2n) is 4.02. The summed E-state index contributed by atoms with van der Waals surface area (Å²) in [6.45, 7) is 7.82. The van der Waals surface area contributed by atoms with E-state index < -0.39 is 12.0 Å². The van der Waals surface area contributed by atoms with Crippen molar-refractivity contribution in [1.82, 2.24) is 0 Å². The molecule has 0 aliphatic rings. The number of carboxylic acid groups (broad SMARTS) is 1. The number of aliphatic carboxylic acids is 1. The van der Waals surface area contributed by atoms with Crippen molar-refractivity contribution >= 4 is 5.97 Å². The van der Waals surface area contributed by atoms with Gasteiger partial charge in [0.2, 0.25) is 0 Å². The van der Waals surface area contributed by atoms with Crippen LogP contribution in [0.4, 0.5) is 0 Å². The number of hydrogen-bond acceptors (Lipinski definition) is 2. The van der Waals surface area contributed by atoms with E-state index in [2.05, 4.69) is 0 Å². The second kappa shape index (κ2) is 3.22. The van der Waals surface area contributed by atoms with Crippen LogP contribution in [0.3, 0.4) is 0 Å². The van der Waals surface area contributed by atoms with Gasteiger partial charge < -0.3 is 10.8 Å². The van der Waals surface area contributed by atoms with Gasteiger partial charge in [-0.2, -0.15) is 0 Å². The molecule has 11 heavy (non-hydrogen) atoms. The Hall–Kier alpha value is -0.570. The van der Waals surface area contributed by atoms with Crippen molar-refractivity contribution in [1.29, 1.82) is 0 Å². The maximum Gasteiger partial charge on any atom is 0.320 e. The standard InChI is InChI=1S/C8H17NO2/c1-5(8(2,3)4)6(9)7(10)11/h5-6H,9H2,1-4H3,(H,10,11)/t5-,6-/m1/s1. The van der Waals surface area contributed by atoms with E-state index in [0.717, 1.165) is 0 Å². The van der Waals surface area contributed by atoms with E-state index in [0.29, 0.717) is 0 Å². The number of rotatable bonds is 2. The highest BCUT2D eigenvalue weighted by molar-refractivity contribution is 5.73. The van der Waals surface area contributed by atoms with Crippen molar-refractivity contribution in [2.75, 3.05) is 0 Å². The Balaban J connectivity index is 4.25. The molecule has 0 amide bonds. The highest BCUT2D eigenvalue weighted by atomic mass is 16.4. The third kappa shape index (κ3) is 2.89. The molecule has 0 rings (SSSR count). The van der Waals surface area contributed by atoms with Crippen LogP contribution < -0.4 is 5.73 Å². The number of hydrogen-bond donors (Lipinski definition) is 2. The molecular formula is C8H17NO2. The van der Waals surface area contributed by atoms with Crippen LogP contribution in [0.25, 0.3) is 0 Å². The molecule has 0 spiro atoms. The van der Waals surface area contributed by atoms with Crippen molar-refractivity contribution in [3.05, 3.63) is 0 Å². The lowest BCUT2D eigenvalue weighted by Gasteiger charge is -2.29. The first-order valence-corrected chi connectivity index (χ1v) is 3.75. The molecule has 0 aromatic carbocycles. The Morgan fingerprint density at radius 1 is 1.45 bits per heavy atom. The number of carboxylic acids is 1. The highest BCUT2D eigenvalue weighted by Gasteiger charge is 2.29. The summed E-state index contributed by atoms with van der Waals surface area (Å²) in [5, 5.41) is 8.59. The van der Waals surface area contributed by atoms with E-state index in [1.165, 1.54) is 0 Å². The van der Waals surface area contributed by atoms with Crippen molar-refractivity contribution < 1.29 is 9.90 Å². The van der Waals surface area contributed by atoms with Gasteiger partial charge in [0, 0.05) is 0 Å². The Morgan fingerprint density at radius 2 is 1.82 bits per heavy atom. The van der Waals surface area contributed by atoms with Gasteiger partial charge in [0.05, 0.1) is 0 Å². The highest BCUT2D eigenvalue weighted by Crippen LogP contribution is 2.27. The van der Waals surface area contributed by atoms with Crippen LogP contribution in [-0.4, -0.2) is 17.1 Å². The monoisotopic (exact) mass is 159 g/mol. The third-order valence-electron chi connectivity index (χ3n) is 2.19. The van der Waals surface area contributed by atoms with Gasteiger partial charge in [-0.3, -0.25) is 4.79 Å². The largest absolute Gasteiger partial charge is 0.480 e. The smallest absolute Gasteiger partial charge is 0.320 e. The molecule has 0 fully saturated rings. The molecule has 3 nitrogen and oxygen atoms in total. The molecule has 3 heteroatoms. The number of nitrogens with two attached hydrogens (primary N) is 1. The van der Waals surface area contributed by atoms with Crippen LogP contribution in [-0.2, 0) is 4.79 Å². The van der Waals surface area contributed by atoms with Crippen molar-refractivity contribution in [2.45, 2.75) is 33.7 Å². The molecule has 0 heterocycles. The van der Waals surface area contributed by atoms with Gasteiger partial charge in [0.25, 0.3) is 0 Å². The zero-order chi connectivity index (χ0) is 9.23. The van der Waals surface area contributed by atoms with E-state index in [9.17, 15) is 4.79 Å². The summed E-state index contributed by atoms with van der Waals surface area (Å²) in [7, 11) is 0. The normalized spacial score (nSPS) is 17.5.